The van der Waals surface area contributed by atoms with Gasteiger partial charge in [0.15, 0.2) is 5.78 Å². The zero-order chi connectivity index (χ0) is 15.4. The van der Waals surface area contributed by atoms with Gasteiger partial charge in [0.1, 0.15) is 5.75 Å². The van der Waals surface area contributed by atoms with E-state index in [9.17, 15) is 9.59 Å². The fourth-order valence-electron chi connectivity index (χ4n) is 2.01. The maximum Gasteiger partial charge on any atom is 0.341 e. The lowest BCUT2D eigenvalue weighted by atomic mass is 10.1. The molecule has 0 N–H and O–H groups in total. The molecule has 6 heteroatoms. The molecule has 0 aliphatic heterocycles. The van der Waals surface area contributed by atoms with Crippen molar-refractivity contribution in [1.82, 2.24) is 9.78 Å². The van der Waals surface area contributed by atoms with Crippen molar-refractivity contribution in [2.75, 3.05) is 13.7 Å². The molecule has 1 aromatic heterocycles. The van der Waals surface area contributed by atoms with E-state index in [1.54, 1.807) is 25.1 Å². The molecule has 21 heavy (non-hydrogen) atoms. The van der Waals surface area contributed by atoms with Gasteiger partial charge >= 0.3 is 5.97 Å². The minimum Gasteiger partial charge on any atom is -0.496 e. The lowest BCUT2D eigenvalue weighted by molar-refractivity contribution is 0.0526. The Bertz CT molecular complexity index is 676. The van der Waals surface area contributed by atoms with E-state index in [0.29, 0.717) is 29.2 Å². The number of ether oxygens (including phenoxy) is 2. The number of nitrogens with zero attached hydrogens (tertiary/aromatic N) is 2. The second kappa shape index (κ2) is 6.21. The van der Waals surface area contributed by atoms with Gasteiger partial charge in [0.05, 0.1) is 36.7 Å². The topological polar surface area (TPSA) is 70.4 Å². The number of Topliss-reactive ketones (excluding diaryl/α,β-unsaturated/α-hetero) is 1. The quantitative estimate of drug-likeness (QED) is 0.623. The predicted molar refractivity (Wildman–Crippen MR) is 76.1 cm³/mol. The molecule has 6 nitrogen and oxygen atoms in total. The summed E-state index contributed by atoms with van der Waals surface area (Å²) in [4.78, 5) is 23.5. The first-order chi connectivity index (χ1) is 10.1. The van der Waals surface area contributed by atoms with E-state index >= 15 is 0 Å². The minimum atomic E-state index is -0.448. The van der Waals surface area contributed by atoms with Crippen LogP contribution in [0.15, 0.2) is 30.6 Å². The Morgan fingerprint density at radius 3 is 2.71 bits per heavy atom. The molecule has 0 saturated carbocycles. The lowest BCUT2D eigenvalue weighted by Gasteiger charge is -2.11. The number of esters is 1. The summed E-state index contributed by atoms with van der Waals surface area (Å²) in [6, 6.07) is 5.20. The molecule has 0 radical (unpaired) electrons. The summed E-state index contributed by atoms with van der Waals surface area (Å²) in [5, 5.41) is 4.12. The van der Waals surface area contributed by atoms with Crippen LogP contribution >= 0.6 is 0 Å². The van der Waals surface area contributed by atoms with Crippen LogP contribution in [0, 0.1) is 0 Å². The average molecular weight is 288 g/mol. The monoisotopic (exact) mass is 288 g/mol. The summed E-state index contributed by atoms with van der Waals surface area (Å²) in [5.41, 5.74) is 1.30. The Hall–Kier alpha value is -2.63. The summed E-state index contributed by atoms with van der Waals surface area (Å²) in [6.45, 7) is 3.48. The Morgan fingerprint density at radius 2 is 2.10 bits per heavy atom. The van der Waals surface area contributed by atoms with Crippen LogP contribution in [0.25, 0.3) is 5.69 Å². The maximum atomic E-state index is 11.8. The molecule has 0 bridgehead atoms. The number of hydrogen-bond donors (Lipinski definition) is 0. The molecule has 1 heterocycles. The van der Waals surface area contributed by atoms with Gasteiger partial charge in [-0.1, -0.05) is 6.07 Å². The molecule has 2 aromatic rings. The van der Waals surface area contributed by atoms with Crippen LogP contribution in [0.5, 0.6) is 5.75 Å². The van der Waals surface area contributed by atoms with Gasteiger partial charge in [-0.2, -0.15) is 5.10 Å². The van der Waals surface area contributed by atoms with Gasteiger partial charge < -0.3 is 9.47 Å². The van der Waals surface area contributed by atoms with Gasteiger partial charge in [-0.15, -0.1) is 0 Å². The summed E-state index contributed by atoms with van der Waals surface area (Å²) < 4.78 is 11.6. The van der Waals surface area contributed by atoms with Crippen LogP contribution in [0.2, 0.25) is 0 Å². The maximum absolute atomic E-state index is 11.8. The van der Waals surface area contributed by atoms with Crippen LogP contribution < -0.4 is 4.74 Å². The summed E-state index contributed by atoms with van der Waals surface area (Å²) >= 11 is 0. The normalized spacial score (nSPS) is 10.2. The smallest absolute Gasteiger partial charge is 0.341 e. The number of aromatic nitrogens is 2. The molecule has 0 aliphatic rings. The van der Waals surface area contributed by atoms with Crippen LogP contribution in [0.1, 0.15) is 34.6 Å². The van der Waals surface area contributed by atoms with Crippen LogP contribution in [-0.2, 0) is 4.74 Å². The van der Waals surface area contributed by atoms with Crippen LogP contribution in [-0.4, -0.2) is 35.2 Å². The number of methoxy groups -OCH3 is 1. The number of ketones is 1. The Labute approximate surface area is 122 Å². The summed E-state index contributed by atoms with van der Waals surface area (Å²) in [5.74, 6) is -0.125. The number of carbonyl (C=O) groups excluding carboxylic acids is 2. The molecular weight excluding hydrogens is 272 g/mol. The van der Waals surface area contributed by atoms with Crippen molar-refractivity contribution in [2.24, 2.45) is 0 Å². The highest BCUT2D eigenvalue weighted by atomic mass is 16.5. The summed E-state index contributed by atoms with van der Waals surface area (Å²) in [6.07, 6.45) is 2.93. The van der Waals surface area contributed by atoms with E-state index in [2.05, 4.69) is 5.10 Å². The molecule has 110 valence electrons. The van der Waals surface area contributed by atoms with Crippen molar-refractivity contribution in [1.29, 1.82) is 0 Å². The zero-order valence-corrected chi connectivity index (χ0v) is 12.1. The van der Waals surface area contributed by atoms with Crippen molar-refractivity contribution < 1.29 is 19.1 Å². The first-order valence-corrected chi connectivity index (χ1v) is 6.48. The molecule has 0 saturated heterocycles. The van der Waals surface area contributed by atoms with Gasteiger partial charge in [-0.3, -0.25) is 4.79 Å². The number of hydrogen-bond acceptors (Lipinski definition) is 5. The third-order valence-electron chi connectivity index (χ3n) is 2.92. The van der Waals surface area contributed by atoms with Crippen molar-refractivity contribution in [3.8, 4) is 11.4 Å². The van der Waals surface area contributed by atoms with Crippen molar-refractivity contribution >= 4 is 11.8 Å². The highest BCUT2D eigenvalue weighted by Gasteiger charge is 2.17. The molecule has 0 spiro atoms. The van der Waals surface area contributed by atoms with E-state index in [0.717, 1.165) is 0 Å². The fraction of sp³-hybridized carbons (Fsp3) is 0.267. The van der Waals surface area contributed by atoms with Gasteiger partial charge in [-0.05, 0) is 26.0 Å². The SMILES string of the molecule is CCOC(=O)c1cnn(-c2cccc(OC)c2C(C)=O)c1. The molecule has 0 fully saturated rings. The summed E-state index contributed by atoms with van der Waals surface area (Å²) in [7, 11) is 1.50. The highest BCUT2D eigenvalue weighted by Crippen LogP contribution is 2.25. The van der Waals surface area contributed by atoms with Crippen molar-refractivity contribution in [3.05, 3.63) is 41.7 Å². The zero-order valence-electron chi connectivity index (χ0n) is 12.1. The Kier molecular flexibility index (Phi) is 4.37. The Morgan fingerprint density at radius 1 is 1.33 bits per heavy atom. The standard InChI is InChI=1S/C15H16N2O4/c1-4-21-15(19)11-8-16-17(9-11)12-6-5-7-13(20-3)14(12)10(2)18/h5-9H,4H2,1-3H3. The largest absolute Gasteiger partial charge is 0.496 e. The average Bonchev–Trinajstić information content (AvgIpc) is 2.96. The van der Waals surface area contributed by atoms with Crippen molar-refractivity contribution in [3.63, 3.8) is 0 Å². The third-order valence-corrected chi connectivity index (χ3v) is 2.92. The molecule has 0 atom stereocenters. The molecular formula is C15H16N2O4. The molecule has 0 aliphatic carbocycles. The van der Waals surface area contributed by atoms with E-state index in [4.69, 9.17) is 9.47 Å². The van der Waals surface area contributed by atoms with Crippen LogP contribution in [0.4, 0.5) is 0 Å². The number of rotatable bonds is 5. The van der Waals surface area contributed by atoms with E-state index in [1.807, 2.05) is 0 Å². The van der Waals surface area contributed by atoms with E-state index < -0.39 is 5.97 Å². The molecule has 0 unspecified atom stereocenters. The van der Waals surface area contributed by atoms with Gasteiger partial charge in [0, 0.05) is 6.20 Å². The lowest BCUT2D eigenvalue weighted by Crippen LogP contribution is -2.07. The van der Waals surface area contributed by atoms with Gasteiger partial charge in [0.2, 0.25) is 0 Å². The molecule has 1 aromatic carbocycles. The highest BCUT2D eigenvalue weighted by molar-refractivity contribution is 6.00. The second-order valence-electron chi connectivity index (χ2n) is 4.30. The van der Waals surface area contributed by atoms with Crippen LogP contribution in [0.3, 0.4) is 0 Å². The number of carbonyl (C=O) groups is 2. The number of benzene rings is 1. The van der Waals surface area contributed by atoms with Crippen molar-refractivity contribution in [2.45, 2.75) is 13.8 Å². The van der Waals surface area contributed by atoms with E-state index in [1.165, 1.54) is 31.1 Å². The first-order valence-electron chi connectivity index (χ1n) is 6.48. The Balaban J connectivity index is 2.48. The fourth-order valence-corrected chi connectivity index (χ4v) is 2.01. The van der Waals surface area contributed by atoms with E-state index in [-0.39, 0.29) is 5.78 Å². The molecule has 0 amide bonds. The first kappa shape index (κ1) is 14.8. The van der Waals surface area contributed by atoms with Gasteiger partial charge in [-0.25, -0.2) is 9.48 Å². The third kappa shape index (κ3) is 2.94. The predicted octanol–water partition coefficient (Wildman–Crippen LogP) is 2.26. The minimum absolute atomic E-state index is 0.143. The van der Waals surface area contributed by atoms with Gasteiger partial charge in [0.25, 0.3) is 0 Å². The second-order valence-corrected chi connectivity index (χ2v) is 4.30. The molecule has 2 rings (SSSR count).